The fourth-order valence-electron chi connectivity index (χ4n) is 1.41. The zero-order chi connectivity index (χ0) is 12.7. The fraction of sp³-hybridized carbons (Fsp3) is 0.273. The van der Waals surface area contributed by atoms with E-state index in [2.05, 4.69) is 17.5 Å². The topological polar surface area (TPSA) is 84.6 Å². The number of rotatable bonds is 5. The molecule has 1 aromatic carbocycles. The van der Waals surface area contributed by atoms with Crippen molar-refractivity contribution in [3.63, 3.8) is 0 Å². The quantitative estimate of drug-likeness (QED) is 0.686. The Hall–Kier alpha value is -1.82. The van der Waals surface area contributed by atoms with Crippen LogP contribution in [0.15, 0.2) is 30.3 Å². The van der Waals surface area contributed by atoms with Crippen LogP contribution in [0.2, 0.25) is 0 Å². The van der Waals surface area contributed by atoms with Crippen LogP contribution in [-0.2, 0) is 11.2 Å². The van der Waals surface area contributed by atoms with E-state index in [0.29, 0.717) is 6.42 Å². The van der Waals surface area contributed by atoms with Crippen LogP contribution in [0.3, 0.4) is 0 Å². The lowest BCUT2D eigenvalue weighted by Crippen LogP contribution is -2.40. The SMILES string of the molecule is NC(=S)OCC(Cc1ccccc1)NC(=O)O. The van der Waals surface area contributed by atoms with Gasteiger partial charge in [-0.3, -0.25) is 0 Å². The smallest absolute Gasteiger partial charge is 0.405 e. The molecule has 1 rings (SSSR count). The highest BCUT2D eigenvalue weighted by molar-refractivity contribution is 7.80. The average Bonchev–Trinajstić information content (AvgIpc) is 2.26. The maximum atomic E-state index is 10.6. The van der Waals surface area contributed by atoms with Crippen molar-refractivity contribution >= 4 is 23.5 Å². The van der Waals surface area contributed by atoms with Gasteiger partial charge in [0.05, 0.1) is 6.04 Å². The van der Waals surface area contributed by atoms with E-state index in [1.54, 1.807) is 0 Å². The van der Waals surface area contributed by atoms with E-state index >= 15 is 0 Å². The van der Waals surface area contributed by atoms with Gasteiger partial charge >= 0.3 is 6.09 Å². The molecule has 0 saturated carbocycles. The van der Waals surface area contributed by atoms with Gasteiger partial charge in [0.2, 0.25) is 0 Å². The van der Waals surface area contributed by atoms with Gasteiger partial charge in [0.15, 0.2) is 0 Å². The molecule has 0 aliphatic carbocycles. The molecule has 0 fully saturated rings. The minimum atomic E-state index is -1.10. The molecule has 1 aromatic rings. The number of hydrogen-bond acceptors (Lipinski definition) is 3. The Bertz CT molecular complexity index is 384. The van der Waals surface area contributed by atoms with Gasteiger partial charge in [0, 0.05) is 0 Å². The third-order valence-electron chi connectivity index (χ3n) is 2.08. The average molecular weight is 254 g/mol. The van der Waals surface area contributed by atoms with E-state index in [-0.39, 0.29) is 17.8 Å². The highest BCUT2D eigenvalue weighted by Crippen LogP contribution is 2.03. The van der Waals surface area contributed by atoms with Crippen LogP contribution < -0.4 is 11.1 Å². The number of nitrogens with one attached hydrogen (secondary N) is 1. The molecular weight excluding hydrogens is 240 g/mol. The Morgan fingerprint density at radius 3 is 2.65 bits per heavy atom. The number of nitrogens with two attached hydrogens (primary N) is 1. The van der Waals surface area contributed by atoms with Crippen molar-refractivity contribution in [3.8, 4) is 0 Å². The number of carbonyl (C=O) groups is 1. The lowest BCUT2D eigenvalue weighted by atomic mass is 10.1. The van der Waals surface area contributed by atoms with Gasteiger partial charge in [0.1, 0.15) is 6.61 Å². The molecule has 0 spiro atoms. The number of hydrogen-bond donors (Lipinski definition) is 3. The molecule has 1 amide bonds. The Morgan fingerprint density at radius 2 is 2.12 bits per heavy atom. The lowest BCUT2D eigenvalue weighted by molar-refractivity contribution is 0.179. The molecule has 0 heterocycles. The zero-order valence-corrected chi connectivity index (χ0v) is 9.94. The predicted molar refractivity (Wildman–Crippen MR) is 67.8 cm³/mol. The van der Waals surface area contributed by atoms with Crippen molar-refractivity contribution < 1.29 is 14.6 Å². The standard InChI is InChI=1S/C11H14N2O3S/c12-10(17)16-7-9(13-11(14)15)6-8-4-2-1-3-5-8/h1-5,9,13H,6-7H2,(H2,12,17)(H,14,15). The molecule has 5 nitrogen and oxygen atoms in total. The number of ether oxygens (including phenoxy) is 1. The monoisotopic (exact) mass is 254 g/mol. The Balaban J connectivity index is 2.56. The summed E-state index contributed by atoms with van der Waals surface area (Å²) in [5.41, 5.74) is 6.21. The maximum Gasteiger partial charge on any atom is 0.405 e. The van der Waals surface area contributed by atoms with Gasteiger partial charge in [-0.2, -0.15) is 0 Å². The molecule has 0 radical (unpaired) electrons. The van der Waals surface area contributed by atoms with Crippen LogP contribution in [0.4, 0.5) is 4.79 Å². The first kappa shape index (κ1) is 13.2. The Morgan fingerprint density at radius 1 is 1.47 bits per heavy atom. The molecule has 0 aliphatic heterocycles. The summed E-state index contributed by atoms with van der Waals surface area (Å²) in [6.07, 6.45) is -0.576. The second-order valence-electron chi connectivity index (χ2n) is 3.47. The van der Waals surface area contributed by atoms with Crippen molar-refractivity contribution in [2.75, 3.05) is 6.61 Å². The van der Waals surface area contributed by atoms with Crippen LogP contribution in [0, 0.1) is 0 Å². The van der Waals surface area contributed by atoms with Gasteiger partial charge in [0.25, 0.3) is 5.17 Å². The summed E-state index contributed by atoms with van der Waals surface area (Å²) in [4.78, 5) is 10.6. The van der Waals surface area contributed by atoms with Gasteiger partial charge in [-0.15, -0.1) is 0 Å². The molecule has 0 aromatic heterocycles. The van der Waals surface area contributed by atoms with Crippen molar-refractivity contribution in [1.82, 2.24) is 5.32 Å². The molecule has 0 aliphatic rings. The molecule has 6 heteroatoms. The van der Waals surface area contributed by atoms with Crippen LogP contribution in [0.1, 0.15) is 5.56 Å². The van der Waals surface area contributed by atoms with Crippen molar-refractivity contribution in [1.29, 1.82) is 0 Å². The summed E-state index contributed by atoms with van der Waals surface area (Å²) in [6.45, 7) is 0.122. The molecule has 4 N–H and O–H groups in total. The molecule has 1 atom stereocenters. The molecule has 1 unspecified atom stereocenters. The third kappa shape index (κ3) is 5.72. The van der Waals surface area contributed by atoms with Crippen LogP contribution in [0.25, 0.3) is 0 Å². The molecule has 0 saturated heterocycles. The summed E-state index contributed by atoms with van der Waals surface area (Å²) in [6, 6.07) is 9.13. The largest absolute Gasteiger partial charge is 0.469 e. The summed E-state index contributed by atoms with van der Waals surface area (Å²) < 4.78 is 4.96. The second kappa shape index (κ2) is 6.70. The lowest BCUT2D eigenvalue weighted by Gasteiger charge is -2.17. The van der Waals surface area contributed by atoms with E-state index < -0.39 is 6.09 Å². The summed E-state index contributed by atoms with van der Waals surface area (Å²) in [5, 5.41) is 11.0. The third-order valence-corrected chi connectivity index (χ3v) is 2.20. The number of carboxylic acid groups (broad SMARTS) is 1. The van der Waals surface area contributed by atoms with E-state index in [1.807, 2.05) is 30.3 Å². The zero-order valence-electron chi connectivity index (χ0n) is 9.13. The normalized spacial score (nSPS) is 11.5. The molecular formula is C11H14N2O3S. The minimum absolute atomic E-state index is 0.0877. The van der Waals surface area contributed by atoms with Crippen LogP contribution in [0.5, 0.6) is 0 Å². The minimum Gasteiger partial charge on any atom is -0.469 e. The highest BCUT2D eigenvalue weighted by atomic mass is 32.1. The molecule has 0 bridgehead atoms. The molecule has 17 heavy (non-hydrogen) atoms. The first-order valence-electron chi connectivity index (χ1n) is 5.03. The number of thiocarbonyl (C=S) groups is 1. The van der Waals surface area contributed by atoms with Crippen LogP contribution in [-0.4, -0.2) is 29.0 Å². The highest BCUT2D eigenvalue weighted by Gasteiger charge is 2.13. The second-order valence-corrected chi connectivity index (χ2v) is 3.87. The number of amides is 1. The van der Waals surface area contributed by atoms with Gasteiger partial charge in [-0.1, -0.05) is 30.3 Å². The molecule has 92 valence electrons. The summed E-state index contributed by atoms with van der Waals surface area (Å²) in [7, 11) is 0. The first-order valence-corrected chi connectivity index (χ1v) is 5.44. The van der Waals surface area contributed by atoms with Gasteiger partial charge in [-0.05, 0) is 24.2 Å². The first-order chi connectivity index (χ1) is 8.08. The van der Waals surface area contributed by atoms with Crippen molar-refractivity contribution in [3.05, 3.63) is 35.9 Å². The van der Waals surface area contributed by atoms with Crippen molar-refractivity contribution in [2.45, 2.75) is 12.5 Å². The van der Waals surface area contributed by atoms with Gasteiger partial charge < -0.3 is 20.9 Å². The van der Waals surface area contributed by atoms with E-state index in [9.17, 15) is 4.79 Å². The van der Waals surface area contributed by atoms with E-state index in [1.165, 1.54) is 0 Å². The predicted octanol–water partition coefficient (Wildman–Crippen LogP) is 1.13. The summed E-state index contributed by atoms with van der Waals surface area (Å²) in [5.74, 6) is 0. The van der Waals surface area contributed by atoms with Gasteiger partial charge in [-0.25, -0.2) is 4.79 Å². The number of benzene rings is 1. The van der Waals surface area contributed by atoms with Crippen LogP contribution >= 0.6 is 12.2 Å². The van der Waals surface area contributed by atoms with E-state index in [0.717, 1.165) is 5.56 Å². The Kier molecular flexibility index (Phi) is 5.22. The Labute approximate surface area is 105 Å². The fourth-order valence-corrected chi connectivity index (χ4v) is 1.48. The summed E-state index contributed by atoms with van der Waals surface area (Å²) >= 11 is 4.57. The van der Waals surface area contributed by atoms with Crippen molar-refractivity contribution in [2.24, 2.45) is 5.73 Å². The maximum absolute atomic E-state index is 10.6. The van der Waals surface area contributed by atoms with E-state index in [4.69, 9.17) is 15.6 Å².